The van der Waals surface area contributed by atoms with Gasteiger partial charge in [-0.15, -0.1) is 0 Å². The summed E-state index contributed by atoms with van der Waals surface area (Å²) in [6, 6.07) is -1.42. The summed E-state index contributed by atoms with van der Waals surface area (Å²) in [5.74, 6) is 0.887. The third kappa shape index (κ3) is 2.51. The van der Waals surface area contributed by atoms with Gasteiger partial charge in [0, 0.05) is 6.92 Å². The standard InChI is InChI=1S/C8H9N3O6S.Na/c1-4-9-7-5-2-10(3-6(7)16-4)8(12)11(5)17-18(13,14)15;/h5H,2-3H2,1H3,(H,13,14,15);/q;+1/p-1. The van der Waals surface area contributed by atoms with Crippen LogP contribution in [0.25, 0.3) is 0 Å². The molecule has 9 nitrogen and oxygen atoms in total. The predicted molar refractivity (Wildman–Crippen MR) is 52.4 cm³/mol. The van der Waals surface area contributed by atoms with Gasteiger partial charge in [-0.1, -0.05) is 0 Å². The number of nitrogens with zero attached hydrogens (tertiary/aromatic N) is 3. The zero-order valence-electron chi connectivity index (χ0n) is 10.2. The molecule has 0 aromatic carbocycles. The number of carbonyl (C=O) groups is 1. The topological polar surface area (TPSA) is 116 Å². The van der Waals surface area contributed by atoms with Crippen LogP contribution in [0.2, 0.25) is 0 Å². The van der Waals surface area contributed by atoms with Gasteiger partial charge in [-0.25, -0.2) is 18.2 Å². The molecule has 1 unspecified atom stereocenters. The molecular weight excluding hydrogens is 289 g/mol. The molecule has 0 radical (unpaired) electrons. The van der Waals surface area contributed by atoms with Gasteiger partial charge in [0.25, 0.3) is 0 Å². The van der Waals surface area contributed by atoms with Gasteiger partial charge in [-0.2, -0.15) is 9.35 Å². The van der Waals surface area contributed by atoms with Crippen LogP contribution in [0.3, 0.4) is 0 Å². The number of rotatable bonds is 2. The average molecular weight is 297 g/mol. The van der Waals surface area contributed by atoms with E-state index in [4.69, 9.17) is 4.42 Å². The Labute approximate surface area is 130 Å². The Kier molecular flexibility index (Phi) is 3.66. The van der Waals surface area contributed by atoms with Crippen LogP contribution in [-0.2, 0) is 21.2 Å². The first-order valence-electron chi connectivity index (χ1n) is 5.05. The number of hydrogen-bond donors (Lipinski definition) is 0. The minimum atomic E-state index is -5.00. The van der Waals surface area contributed by atoms with Crippen molar-refractivity contribution in [3.05, 3.63) is 17.3 Å². The molecule has 1 aromatic heterocycles. The third-order valence-electron chi connectivity index (χ3n) is 2.79. The van der Waals surface area contributed by atoms with Crippen molar-refractivity contribution in [2.24, 2.45) is 0 Å². The summed E-state index contributed by atoms with van der Waals surface area (Å²) in [5.41, 5.74) is 0.429. The third-order valence-corrected chi connectivity index (χ3v) is 3.13. The molecule has 1 atom stereocenters. The van der Waals surface area contributed by atoms with Gasteiger partial charge in [0.05, 0.1) is 13.1 Å². The molecule has 0 saturated carbocycles. The summed E-state index contributed by atoms with van der Waals surface area (Å²) in [6.45, 7) is 2.04. The Morgan fingerprint density at radius 3 is 2.84 bits per heavy atom. The fourth-order valence-corrected chi connectivity index (χ4v) is 2.54. The Bertz CT molecular complexity index is 628. The normalized spacial score (nSPS) is 21.4. The van der Waals surface area contributed by atoms with Crippen molar-refractivity contribution in [2.45, 2.75) is 19.5 Å². The molecule has 1 saturated heterocycles. The zero-order valence-corrected chi connectivity index (χ0v) is 13.0. The van der Waals surface area contributed by atoms with Crippen LogP contribution < -0.4 is 29.6 Å². The average Bonchev–Trinajstić information content (AvgIpc) is 2.71. The second-order valence-corrected chi connectivity index (χ2v) is 4.99. The number of fused-ring (bicyclic) bond motifs is 4. The van der Waals surface area contributed by atoms with Crippen LogP contribution >= 0.6 is 0 Å². The van der Waals surface area contributed by atoms with Gasteiger partial charge >= 0.3 is 35.6 Å². The van der Waals surface area contributed by atoms with E-state index in [2.05, 4.69) is 9.27 Å². The summed E-state index contributed by atoms with van der Waals surface area (Å²) >= 11 is 0. The SMILES string of the molecule is Cc1nc2c(o1)CN1CC2N(OS(=O)(=O)[O-])C1=O.[Na+]. The van der Waals surface area contributed by atoms with Crippen molar-refractivity contribution in [1.82, 2.24) is 14.9 Å². The molecule has 1 aromatic rings. The molecule has 2 aliphatic heterocycles. The van der Waals surface area contributed by atoms with Crippen LogP contribution in [-0.4, -0.2) is 40.5 Å². The molecule has 98 valence electrons. The van der Waals surface area contributed by atoms with E-state index in [1.165, 1.54) is 4.90 Å². The van der Waals surface area contributed by atoms with E-state index in [0.717, 1.165) is 0 Å². The van der Waals surface area contributed by atoms with E-state index in [9.17, 15) is 17.8 Å². The quantitative estimate of drug-likeness (QED) is 0.318. The Morgan fingerprint density at radius 2 is 2.21 bits per heavy atom. The molecule has 11 heteroatoms. The van der Waals surface area contributed by atoms with Crippen LogP contribution in [0.1, 0.15) is 23.4 Å². The monoisotopic (exact) mass is 297 g/mol. The van der Waals surface area contributed by atoms with Gasteiger partial charge in [0.1, 0.15) is 17.5 Å². The number of oxazole rings is 1. The fraction of sp³-hybridized carbons (Fsp3) is 0.500. The first-order chi connectivity index (χ1) is 8.35. The van der Waals surface area contributed by atoms with Gasteiger partial charge in [-0.3, -0.25) is 0 Å². The van der Waals surface area contributed by atoms with Crippen molar-refractivity contribution in [2.75, 3.05) is 6.54 Å². The number of aromatic nitrogens is 1. The number of aryl methyl sites for hydroxylation is 1. The molecule has 0 N–H and O–H groups in total. The first kappa shape index (κ1) is 14.8. The summed E-state index contributed by atoms with van der Waals surface area (Å²) in [7, 11) is -5.00. The van der Waals surface area contributed by atoms with E-state index in [-0.39, 0.29) is 42.6 Å². The predicted octanol–water partition coefficient (Wildman–Crippen LogP) is -3.33. The smallest absolute Gasteiger partial charge is 0.724 e. The maximum Gasteiger partial charge on any atom is 1.00 e. The molecular formula is C8H8N3NaO6S. The molecule has 0 aliphatic carbocycles. The summed E-state index contributed by atoms with van der Waals surface area (Å²) < 4.78 is 41.3. The number of amides is 2. The molecule has 0 spiro atoms. The molecule has 2 bridgehead atoms. The van der Waals surface area contributed by atoms with Crippen molar-refractivity contribution in [3.8, 4) is 0 Å². The minimum absolute atomic E-state index is 0. The van der Waals surface area contributed by atoms with E-state index < -0.39 is 22.5 Å². The molecule has 2 amide bonds. The largest absolute Gasteiger partial charge is 1.00 e. The second-order valence-electron chi connectivity index (χ2n) is 4.03. The number of carbonyl (C=O) groups excluding carboxylic acids is 1. The Hall–Kier alpha value is -0.650. The summed E-state index contributed by atoms with van der Waals surface area (Å²) in [6.07, 6.45) is 0. The van der Waals surface area contributed by atoms with Crippen molar-refractivity contribution >= 4 is 16.4 Å². The molecule has 1 fully saturated rings. The van der Waals surface area contributed by atoms with Crippen LogP contribution in [0.15, 0.2) is 4.42 Å². The molecule has 2 aliphatic rings. The number of urea groups is 1. The summed E-state index contributed by atoms with van der Waals surface area (Å²) in [5, 5.41) is 0.538. The maximum absolute atomic E-state index is 11.8. The molecule has 3 rings (SSSR count). The Morgan fingerprint density at radius 1 is 1.53 bits per heavy atom. The van der Waals surface area contributed by atoms with E-state index in [1.807, 2.05) is 0 Å². The van der Waals surface area contributed by atoms with E-state index in [0.29, 0.717) is 22.4 Å². The fourth-order valence-electron chi connectivity index (χ4n) is 2.18. The molecule has 3 heterocycles. The number of hydrogen-bond acceptors (Lipinski definition) is 7. The molecule has 19 heavy (non-hydrogen) atoms. The van der Waals surface area contributed by atoms with Crippen molar-refractivity contribution in [3.63, 3.8) is 0 Å². The zero-order chi connectivity index (χ0) is 13.1. The van der Waals surface area contributed by atoms with Gasteiger partial charge < -0.3 is 13.9 Å². The van der Waals surface area contributed by atoms with Gasteiger partial charge in [0.15, 0.2) is 5.89 Å². The van der Waals surface area contributed by atoms with Crippen LogP contribution in [0.4, 0.5) is 4.79 Å². The van der Waals surface area contributed by atoms with E-state index >= 15 is 0 Å². The summed E-state index contributed by atoms with van der Waals surface area (Å²) in [4.78, 5) is 17.2. The minimum Gasteiger partial charge on any atom is -0.724 e. The van der Waals surface area contributed by atoms with Gasteiger partial charge in [-0.05, 0) is 0 Å². The first-order valence-corrected chi connectivity index (χ1v) is 6.38. The number of hydroxylamine groups is 2. The van der Waals surface area contributed by atoms with Gasteiger partial charge in [0.2, 0.25) is 10.4 Å². The van der Waals surface area contributed by atoms with Crippen molar-refractivity contribution in [1.29, 1.82) is 0 Å². The maximum atomic E-state index is 11.8. The second kappa shape index (κ2) is 4.72. The van der Waals surface area contributed by atoms with Crippen LogP contribution in [0, 0.1) is 6.92 Å². The van der Waals surface area contributed by atoms with E-state index in [1.54, 1.807) is 6.92 Å². The van der Waals surface area contributed by atoms with Crippen molar-refractivity contribution < 1.29 is 56.0 Å². The Balaban J connectivity index is 0.00000133. The van der Waals surface area contributed by atoms with Crippen LogP contribution in [0.5, 0.6) is 0 Å².